The van der Waals surface area contributed by atoms with Gasteiger partial charge in [-0.3, -0.25) is 4.79 Å². The fourth-order valence-electron chi connectivity index (χ4n) is 2.76. The van der Waals surface area contributed by atoms with Crippen LogP contribution in [-0.2, 0) is 0 Å². The highest BCUT2D eigenvalue weighted by atomic mass is 32.1. The van der Waals surface area contributed by atoms with Crippen molar-refractivity contribution in [3.05, 3.63) is 77.4 Å². The first-order valence-electron chi connectivity index (χ1n) is 7.93. The van der Waals surface area contributed by atoms with Crippen LogP contribution in [0.4, 0.5) is 0 Å². The first-order chi connectivity index (χ1) is 12.2. The summed E-state index contributed by atoms with van der Waals surface area (Å²) < 4.78 is 5.52. The molecule has 2 aromatic carbocycles. The van der Waals surface area contributed by atoms with E-state index in [0.717, 1.165) is 27.4 Å². The summed E-state index contributed by atoms with van der Waals surface area (Å²) in [6, 6.07) is 21.7. The van der Waals surface area contributed by atoms with Crippen molar-refractivity contribution in [2.75, 3.05) is 0 Å². The minimum absolute atomic E-state index is 0.330. The second-order valence-corrected chi connectivity index (χ2v) is 6.89. The zero-order chi connectivity index (χ0) is 17.2. The Hall–Kier alpha value is -2.98. The summed E-state index contributed by atoms with van der Waals surface area (Å²) in [6.07, 6.45) is 0.712. The van der Waals surface area contributed by atoms with Crippen LogP contribution in [0.5, 0.6) is 0 Å². The van der Waals surface area contributed by atoms with E-state index in [2.05, 4.69) is 19.1 Å². The van der Waals surface area contributed by atoms with Crippen molar-refractivity contribution in [3.8, 4) is 33.2 Å². The number of thiazole rings is 1. The number of aldehydes is 1. The number of carbonyl (C=O) groups excluding carboxylic acids is 1. The zero-order valence-corrected chi connectivity index (χ0v) is 14.4. The van der Waals surface area contributed by atoms with Crippen LogP contribution in [0, 0.1) is 6.92 Å². The lowest BCUT2D eigenvalue weighted by molar-refractivity contribution is 0.110. The number of benzene rings is 2. The Bertz CT molecular complexity index is 1030. The van der Waals surface area contributed by atoms with Crippen LogP contribution < -0.4 is 0 Å². The summed E-state index contributed by atoms with van der Waals surface area (Å²) in [5.41, 5.74) is 4.11. The van der Waals surface area contributed by atoms with Gasteiger partial charge < -0.3 is 4.42 Å². The van der Waals surface area contributed by atoms with Crippen LogP contribution in [0.25, 0.3) is 33.2 Å². The molecular formula is C21H15NO2S. The van der Waals surface area contributed by atoms with E-state index in [0.29, 0.717) is 17.8 Å². The molecule has 0 bridgehead atoms. The standard InChI is InChI=1S/C21H15NO2S/c1-14-20(15-6-3-2-4-7-15)22-21(25-14)17-9-5-8-16(12-17)19-11-10-18(13-23)24-19/h2-13H,1H3. The molecule has 0 radical (unpaired) electrons. The van der Waals surface area contributed by atoms with Crippen molar-refractivity contribution in [2.24, 2.45) is 0 Å². The first kappa shape index (κ1) is 15.5. The average Bonchev–Trinajstić information content (AvgIpc) is 3.29. The monoisotopic (exact) mass is 345 g/mol. The lowest BCUT2D eigenvalue weighted by Gasteiger charge is -2.01. The third-order valence-corrected chi connectivity index (χ3v) is 5.00. The molecule has 0 aliphatic heterocycles. The van der Waals surface area contributed by atoms with E-state index >= 15 is 0 Å². The summed E-state index contributed by atoms with van der Waals surface area (Å²) in [6.45, 7) is 2.09. The lowest BCUT2D eigenvalue weighted by atomic mass is 10.1. The van der Waals surface area contributed by atoms with Gasteiger partial charge in [0.25, 0.3) is 0 Å². The molecule has 2 aromatic heterocycles. The molecule has 3 nitrogen and oxygen atoms in total. The molecule has 0 saturated heterocycles. The summed E-state index contributed by atoms with van der Waals surface area (Å²) in [7, 11) is 0. The summed E-state index contributed by atoms with van der Waals surface area (Å²) in [5.74, 6) is 1.01. The predicted molar refractivity (Wildman–Crippen MR) is 101 cm³/mol. The van der Waals surface area contributed by atoms with Crippen molar-refractivity contribution < 1.29 is 9.21 Å². The van der Waals surface area contributed by atoms with Gasteiger partial charge in [-0.2, -0.15) is 0 Å². The molecule has 122 valence electrons. The highest BCUT2D eigenvalue weighted by Crippen LogP contribution is 2.34. The number of nitrogens with zero attached hydrogens (tertiary/aromatic N) is 1. The molecule has 25 heavy (non-hydrogen) atoms. The van der Waals surface area contributed by atoms with Gasteiger partial charge in [-0.25, -0.2) is 4.98 Å². The molecule has 0 atom stereocenters. The van der Waals surface area contributed by atoms with E-state index in [9.17, 15) is 4.79 Å². The minimum Gasteiger partial charge on any atom is -0.453 e. The zero-order valence-electron chi connectivity index (χ0n) is 13.6. The molecule has 0 amide bonds. The number of aryl methyl sites for hydroxylation is 1. The molecule has 0 aliphatic carbocycles. The van der Waals surface area contributed by atoms with Crippen LogP contribution >= 0.6 is 11.3 Å². The number of hydrogen-bond donors (Lipinski definition) is 0. The van der Waals surface area contributed by atoms with Gasteiger partial charge in [0.15, 0.2) is 12.0 Å². The first-order valence-corrected chi connectivity index (χ1v) is 8.75. The third-order valence-electron chi connectivity index (χ3n) is 3.98. The molecule has 0 aliphatic rings. The van der Waals surface area contributed by atoms with Gasteiger partial charge >= 0.3 is 0 Å². The molecule has 0 unspecified atom stereocenters. The van der Waals surface area contributed by atoms with E-state index in [4.69, 9.17) is 9.40 Å². The number of carbonyl (C=O) groups is 1. The van der Waals surface area contributed by atoms with Crippen molar-refractivity contribution in [3.63, 3.8) is 0 Å². The number of hydrogen-bond acceptors (Lipinski definition) is 4. The SMILES string of the molecule is Cc1sc(-c2cccc(-c3ccc(C=O)o3)c2)nc1-c1ccccc1. The Morgan fingerprint density at radius 2 is 1.68 bits per heavy atom. The normalized spacial score (nSPS) is 10.8. The van der Waals surface area contributed by atoms with Gasteiger partial charge in [0.05, 0.1) is 5.69 Å². The van der Waals surface area contributed by atoms with Gasteiger partial charge in [-0.05, 0) is 25.1 Å². The van der Waals surface area contributed by atoms with Gasteiger partial charge in [0.2, 0.25) is 0 Å². The molecule has 4 heteroatoms. The number of furan rings is 1. The number of aromatic nitrogens is 1. The van der Waals surface area contributed by atoms with E-state index in [1.807, 2.05) is 48.5 Å². The van der Waals surface area contributed by atoms with Crippen LogP contribution in [-0.4, -0.2) is 11.3 Å². The van der Waals surface area contributed by atoms with E-state index in [-0.39, 0.29) is 0 Å². The maximum atomic E-state index is 10.8. The van der Waals surface area contributed by atoms with Crippen LogP contribution in [0.15, 0.2) is 71.1 Å². The molecule has 0 saturated carbocycles. The van der Waals surface area contributed by atoms with Gasteiger partial charge in [0.1, 0.15) is 10.8 Å². The summed E-state index contributed by atoms with van der Waals surface area (Å²) in [4.78, 5) is 16.8. The van der Waals surface area contributed by atoms with Crippen molar-refractivity contribution in [1.82, 2.24) is 4.98 Å². The fourth-order valence-corrected chi connectivity index (χ4v) is 3.69. The molecule has 0 N–H and O–H groups in total. The number of rotatable bonds is 4. The molecule has 0 spiro atoms. The van der Waals surface area contributed by atoms with Crippen molar-refractivity contribution >= 4 is 17.6 Å². The summed E-state index contributed by atoms with van der Waals surface area (Å²) >= 11 is 1.68. The molecule has 0 fully saturated rings. The minimum atomic E-state index is 0.330. The second kappa shape index (κ2) is 6.49. The predicted octanol–water partition coefficient (Wildman–Crippen LogP) is 5.86. The maximum absolute atomic E-state index is 10.8. The topological polar surface area (TPSA) is 43.1 Å². The van der Waals surface area contributed by atoms with Gasteiger partial charge in [0, 0.05) is 21.6 Å². The van der Waals surface area contributed by atoms with E-state index < -0.39 is 0 Å². The van der Waals surface area contributed by atoms with Crippen molar-refractivity contribution in [2.45, 2.75) is 6.92 Å². The quantitative estimate of drug-likeness (QED) is 0.435. The van der Waals surface area contributed by atoms with Gasteiger partial charge in [-0.1, -0.05) is 48.5 Å². The van der Waals surface area contributed by atoms with Crippen LogP contribution in [0.1, 0.15) is 15.4 Å². The van der Waals surface area contributed by atoms with E-state index in [1.165, 1.54) is 4.88 Å². The Morgan fingerprint density at radius 1 is 0.920 bits per heavy atom. The van der Waals surface area contributed by atoms with Crippen molar-refractivity contribution in [1.29, 1.82) is 0 Å². The average molecular weight is 345 g/mol. The summed E-state index contributed by atoms with van der Waals surface area (Å²) in [5, 5.41) is 0.973. The second-order valence-electron chi connectivity index (χ2n) is 5.69. The van der Waals surface area contributed by atoms with E-state index in [1.54, 1.807) is 17.4 Å². The molecule has 4 aromatic rings. The Morgan fingerprint density at radius 3 is 2.44 bits per heavy atom. The fraction of sp³-hybridized carbons (Fsp3) is 0.0476. The molecule has 2 heterocycles. The maximum Gasteiger partial charge on any atom is 0.185 e. The lowest BCUT2D eigenvalue weighted by Crippen LogP contribution is -1.82. The Labute approximate surface area is 149 Å². The van der Waals surface area contributed by atoms with Gasteiger partial charge in [-0.15, -0.1) is 11.3 Å². The molecular weight excluding hydrogens is 330 g/mol. The smallest absolute Gasteiger partial charge is 0.185 e. The highest BCUT2D eigenvalue weighted by Gasteiger charge is 2.12. The van der Waals surface area contributed by atoms with Crippen LogP contribution in [0.2, 0.25) is 0 Å². The largest absolute Gasteiger partial charge is 0.453 e. The molecule has 4 rings (SSSR count). The highest BCUT2D eigenvalue weighted by molar-refractivity contribution is 7.15. The Balaban J connectivity index is 1.73. The third kappa shape index (κ3) is 3.04. The van der Waals surface area contributed by atoms with Crippen LogP contribution in [0.3, 0.4) is 0 Å². The Kier molecular flexibility index (Phi) is 4.04.